The molecule has 0 spiro atoms. The maximum atomic E-state index is 13.1. The fourth-order valence-corrected chi connectivity index (χ4v) is 5.44. The summed E-state index contributed by atoms with van der Waals surface area (Å²) in [5.41, 5.74) is 0. The highest BCUT2D eigenvalue weighted by Crippen LogP contribution is 2.13. The lowest BCUT2D eigenvalue weighted by Gasteiger charge is -2.30. The van der Waals surface area contributed by atoms with Crippen LogP contribution in [0.4, 0.5) is 0 Å². The van der Waals surface area contributed by atoms with E-state index in [4.69, 9.17) is 4.84 Å². The van der Waals surface area contributed by atoms with Crippen LogP contribution in [0.3, 0.4) is 0 Å². The Labute approximate surface area is 285 Å². The van der Waals surface area contributed by atoms with E-state index in [2.05, 4.69) is 16.0 Å². The van der Waals surface area contributed by atoms with Gasteiger partial charge >= 0.3 is 5.97 Å². The van der Waals surface area contributed by atoms with E-state index < -0.39 is 63.3 Å². The number of nitrogens with one attached hydrogen (secondary N) is 3. The summed E-state index contributed by atoms with van der Waals surface area (Å²) in [4.78, 5) is 102. The molecular weight excluding hydrogens is 668 g/mol. The number of imide groups is 2. The molecule has 0 aromatic heterocycles. The fraction of sp³-hybridized carbons (Fsp3) is 0.667. The Morgan fingerprint density at radius 2 is 1.47 bits per heavy atom. The second kappa shape index (κ2) is 19.7. The molecule has 0 aromatic rings. The molecule has 7 amide bonds. The first-order chi connectivity index (χ1) is 23.0. The summed E-state index contributed by atoms with van der Waals surface area (Å²) in [6.45, 7) is 1.42. The van der Waals surface area contributed by atoms with Crippen LogP contribution in [0.25, 0.3) is 0 Å². The number of carbonyl (C=O) groups excluding carboxylic acids is 8. The van der Waals surface area contributed by atoms with Crippen molar-refractivity contribution in [3.8, 4) is 0 Å². The summed E-state index contributed by atoms with van der Waals surface area (Å²) in [6.07, 6.45) is 3.61. The molecule has 3 N–H and O–H groups in total. The van der Waals surface area contributed by atoms with Crippen LogP contribution in [-0.4, -0.2) is 133 Å². The van der Waals surface area contributed by atoms with E-state index >= 15 is 0 Å². The molecule has 1 saturated heterocycles. The minimum Gasteiger partial charge on any atom is -0.748 e. The van der Waals surface area contributed by atoms with Gasteiger partial charge in [0.05, 0.1) is 43.8 Å². The molecule has 0 aromatic carbocycles. The van der Waals surface area contributed by atoms with Gasteiger partial charge in [0.25, 0.3) is 23.6 Å². The molecule has 1 fully saturated rings. The number of carbonyl (C=O) groups is 8. The third kappa shape index (κ3) is 16.1. The van der Waals surface area contributed by atoms with Crippen LogP contribution >= 0.6 is 0 Å². The molecule has 1 atom stereocenters. The molecular formula is C30H46N6O12S. The van der Waals surface area contributed by atoms with Gasteiger partial charge in [0.2, 0.25) is 17.7 Å². The van der Waals surface area contributed by atoms with Gasteiger partial charge in [0.1, 0.15) is 6.04 Å². The summed E-state index contributed by atoms with van der Waals surface area (Å²) in [5.74, 6) is -4.65. The highest BCUT2D eigenvalue weighted by molar-refractivity contribution is 7.85. The predicted octanol–water partition coefficient (Wildman–Crippen LogP) is -1.63. The lowest BCUT2D eigenvalue weighted by atomic mass is 10.1. The fourth-order valence-electron chi connectivity index (χ4n) is 4.96. The number of likely N-dealkylation sites (N-methyl/N-ethyl adjacent to an activating group) is 1. The average Bonchev–Trinajstić information content (AvgIpc) is 3.49. The van der Waals surface area contributed by atoms with E-state index in [1.54, 1.807) is 0 Å². The molecule has 19 heteroatoms. The summed E-state index contributed by atoms with van der Waals surface area (Å²) in [7, 11) is -0.689. The SMILES string of the molecule is C[N+](C)(CCCS(=O)(=O)[O-])CCNC(=O)C(CCCCNC(=O)CCCN1C(=O)C=CC1=O)NC(=O)CCCC(=O)ON1C(=O)CCC1=O. The molecule has 49 heavy (non-hydrogen) atoms. The minimum atomic E-state index is -4.33. The molecule has 2 aliphatic rings. The lowest BCUT2D eigenvalue weighted by molar-refractivity contribution is -0.889. The van der Waals surface area contributed by atoms with Crippen LogP contribution in [0.1, 0.15) is 70.6 Å². The van der Waals surface area contributed by atoms with E-state index in [1.807, 2.05) is 14.1 Å². The van der Waals surface area contributed by atoms with Crippen molar-refractivity contribution in [1.82, 2.24) is 25.9 Å². The predicted molar refractivity (Wildman–Crippen MR) is 169 cm³/mol. The highest BCUT2D eigenvalue weighted by Gasteiger charge is 2.33. The van der Waals surface area contributed by atoms with Gasteiger partial charge in [-0.3, -0.25) is 38.5 Å². The van der Waals surface area contributed by atoms with Gasteiger partial charge in [0.15, 0.2) is 0 Å². The van der Waals surface area contributed by atoms with E-state index in [0.717, 1.165) is 4.90 Å². The minimum absolute atomic E-state index is 0.0304. The Bertz CT molecular complexity index is 1360. The number of hydrogen-bond donors (Lipinski definition) is 3. The van der Waals surface area contributed by atoms with E-state index in [1.165, 1.54) is 12.2 Å². The van der Waals surface area contributed by atoms with E-state index in [0.29, 0.717) is 48.4 Å². The average molecular weight is 715 g/mol. The van der Waals surface area contributed by atoms with Crippen LogP contribution in [-0.2, 0) is 53.3 Å². The summed E-state index contributed by atoms with van der Waals surface area (Å²) in [5, 5.41) is 8.59. The Kier molecular flexibility index (Phi) is 16.5. The number of hydroxylamine groups is 2. The van der Waals surface area contributed by atoms with Crippen molar-refractivity contribution < 1.29 is 60.6 Å². The van der Waals surface area contributed by atoms with Crippen LogP contribution in [0.5, 0.6) is 0 Å². The third-order valence-corrected chi connectivity index (χ3v) is 8.53. The molecule has 0 saturated carbocycles. The Hall–Kier alpha value is -4.23. The van der Waals surface area contributed by atoms with Crippen molar-refractivity contribution in [2.45, 2.75) is 76.7 Å². The maximum Gasteiger partial charge on any atom is 0.333 e. The first kappa shape index (κ1) is 40.9. The van der Waals surface area contributed by atoms with Gasteiger partial charge in [-0.2, -0.15) is 0 Å². The Morgan fingerprint density at radius 1 is 0.837 bits per heavy atom. The number of amides is 7. The number of hydrogen-bond acceptors (Lipinski definition) is 12. The molecule has 2 rings (SSSR count). The van der Waals surface area contributed by atoms with Gasteiger partial charge in [-0.15, -0.1) is 5.06 Å². The molecule has 0 radical (unpaired) electrons. The van der Waals surface area contributed by atoms with Crippen molar-refractivity contribution >= 4 is 57.4 Å². The summed E-state index contributed by atoms with van der Waals surface area (Å²) < 4.78 is 33.0. The molecule has 0 bridgehead atoms. The maximum absolute atomic E-state index is 13.1. The normalized spacial score (nSPS) is 15.5. The smallest absolute Gasteiger partial charge is 0.333 e. The van der Waals surface area contributed by atoms with Gasteiger partial charge in [0, 0.05) is 69.5 Å². The van der Waals surface area contributed by atoms with Gasteiger partial charge in [-0.1, -0.05) is 0 Å². The van der Waals surface area contributed by atoms with Crippen molar-refractivity contribution in [3.05, 3.63) is 12.2 Å². The lowest BCUT2D eigenvalue weighted by Crippen LogP contribution is -2.51. The van der Waals surface area contributed by atoms with Crippen LogP contribution in [0, 0.1) is 0 Å². The summed E-state index contributed by atoms with van der Waals surface area (Å²) >= 11 is 0. The standard InChI is InChI=1S/C30H46N6O12S/c1-36(2,19-7-21-49(45,46)47)20-17-32-30(44)22(33-24(38)9-5-11-29(43)48-35-27(41)14-15-28(35)42)8-3-4-16-31-23(37)10-6-18-34-25(39)12-13-26(34)40/h12-13,22H,3-11,14-21H2,1-2H3,(H3-,31,32,33,37,38,44,45,46,47). The third-order valence-electron chi connectivity index (χ3n) is 7.74. The number of rotatable bonds is 23. The van der Waals surface area contributed by atoms with Crippen LogP contribution in [0.2, 0.25) is 0 Å². The van der Waals surface area contributed by atoms with Gasteiger partial charge in [-0.25, -0.2) is 13.2 Å². The molecule has 0 aliphatic carbocycles. The second-order valence-corrected chi connectivity index (χ2v) is 13.9. The Balaban J connectivity index is 1.80. The van der Waals surface area contributed by atoms with Crippen molar-refractivity contribution in [1.29, 1.82) is 0 Å². The first-order valence-electron chi connectivity index (χ1n) is 16.2. The van der Waals surface area contributed by atoms with Gasteiger partial charge < -0.3 is 29.8 Å². The van der Waals surface area contributed by atoms with Crippen molar-refractivity contribution in [3.63, 3.8) is 0 Å². The first-order valence-corrected chi connectivity index (χ1v) is 17.7. The topological polar surface area (TPSA) is 246 Å². The number of quaternary nitrogens is 1. The largest absolute Gasteiger partial charge is 0.748 e. The quantitative estimate of drug-likeness (QED) is 0.0467. The van der Waals surface area contributed by atoms with Crippen molar-refractivity contribution in [2.75, 3.05) is 52.6 Å². The van der Waals surface area contributed by atoms with Crippen LogP contribution in [0.15, 0.2) is 12.2 Å². The molecule has 2 aliphatic heterocycles. The highest BCUT2D eigenvalue weighted by atomic mass is 32.2. The second-order valence-electron chi connectivity index (χ2n) is 12.4. The Morgan fingerprint density at radius 3 is 2.10 bits per heavy atom. The van der Waals surface area contributed by atoms with E-state index in [9.17, 15) is 51.3 Å². The number of unbranched alkanes of at least 4 members (excludes halogenated alkanes) is 1. The molecule has 274 valence electrons. The van der Waals surface area contributed by atoms with E-state index in [-0.39, 0.29) is 70.4 Å². The zero-order chi connectivity index (χ0) is 36.6. The van der Waals surface area contributed by atoms with Crippen LogP contribution < -0.4 is 16.0 Å². The molecule has 1 unspecified atom stereocenters. The monoisotopic (exact) mass is 714 g/mol. The zero-order valence-electron chi connectivity index (χ0n) is 27.9. The zero-order valence-corrected chi connectivity index (χ0v) is 28.7. The van der Waals surface area contributed by atoms with Crippen molar-refractivity contribution in [2.24, 2.45) is 0 Å². The molecule has 18 nitrogen and oxygen atoms in total. The summed E-state index contributed by atoms with van der Waals surface area (Å²) in [6, 6.07) is -0.944. The number of nitrogens with zero attached hydrogens (tertiary/aromatic N) is 3. The van der Waals surface area contributed by atoms with Gasteiger partial charge in [-0.05, 0) is 32.1 Å². The molecule has 2 heterocycles.